The van der Waals surface area contributed by atoms with Crippen LogP contribution in [0.25, 0.3) is 21.8 Å². The number of hydrogen-bond donors (Lipinski definition) is 2. The fourth-order valence-corrected chi connectivity index (χ4v) is 6.37. The lowest BCUT2D eigenvalue weighted by molar-refractivity contribution is -0.158. The number of benzene rings is 3. The lowest BCUT2D eigenvalue weighted by Gasteiger charge is -2.47. The molecule has 0 aliphatic carbocycles. The van der Waals surface area contributed by atoms with Crippen LogP contribution in [-0.4, -0.2) is 63.8 Å². The SMILES string of the molecule is COC(=O)c1ccc(C2c3[nH]c4ccccc4c3CC3C(=O)N(CCc4c[nH]c5ccccc45)CC(=O)N32)cc1. The number of rotatable bonds is 5. The Morgan fingerprint density at radius 1 is 0.950 bits per heavy atom. The van der Waals surface area contributed by atoms with Crippen LogP contribution in [0, 0.1) is 0 Å². The minimum atomic E-state index is -0.610. The number of methoxy groups -OCH3 is 1. The summed E-state index contributed by atoms with van der Waals surface area (Å²) in [7, 11) is 1.35. The van der Waals surface area contributed by atoms with Crippen LogP contribution in [0.3, 0.4) is 0 Å². The van der Waals surface area contributed by atoms with Gasteiger partial charge in [0, 0.05) is 46.7 Å². The number of esters is 1. The van der Waals surface area contributed by atoms with Crippen molar-refractivity contribution in [2.75, 3.05) is 20.2 Å². The first-order valence-corrected chi connectivity index (χ1v) is 13.5. The molecule has 5 aromatic rings. The van der Waals surface area contributed by atoms with Crippen molar-refractivity contribution in [2.24, 2.45) is 0 Å². The van der Waals surface area contributed by atoms with Crippen molar-refractivity contribution in [3.63, 3.8) is 0 Å². The highest BCUT2D eigenvalue weighted by Gasteiger charge is 2.48. The number of nitrogens with zero attached hydrogens (tertiary/aromatic N) is 2. The zero-order chi connectivity index (χ0) is 27.4. The fraction of sp³-hybridized carbons (Fsp3) is 0.219. The number of para-hydroxylation sites is 2. The van der Waals surface area contributed by atoms with Crippen LogP contribution < -0.4 is 0 Å². The molecule has 0 radical (unpaired) electrons. The molecule has 1 fully saturated rings. The van der Waals surface area contributed by atoms with Gasteiger partial charge in [-0.15, -0.1) is 0 Å². The Labute approximate surface area is 230 Å². The summed E-state index contributed by atoms with van der Waals surface area (Å²) in [4.78, 5) is 50.2. The van der Waals surface area contributed by atoms with Crippen molar-refractivity contribution in [3.8, 4) is 0 Å². The van der Waals surface area contributed by atoms with E-state index in [1.165, 1.54) is 7.11 Å². The second-order valence-corrected chi connectivity index (χ2v) is 10.5. The van der Waals surface area contributed by atoms with Crippen LogP contribution in [0.2, 0.25) is 0 Å². The molecule has 200 valence electrons. The van der Waals surface area contributed by atoms with E-state index in [4.69, 9.17) is 4.74 Å². The van der Waals surface area contributed by atoms with Gasteiger partial charge in [0.2, 0.25) is 11.8 Å². The quantitative estimate of drug-likeness (QED) is 0.329. The van der Waals surface area contributed by atoms with Gasteiger partial charge in [-0.2, -0.15) is 0 Å². The number of amides is 2. The summed E-state index contributed by atoms with van der Waals surface area (Å²) in [5.41, 5.74) is 6.39. The molecule has 2 N–H and O–H groups in total. The molecule has 0 saturated carbocycles. The molecule has 2 amide bonds. The molecule has 2 aliphatic rings. The van der Waals surface area contributed by atoms with E-state index in [1.807, 2.05) is 54.7 Å². The van der Waals surface area contributed by atoms with Crippen molar-refractivity contribution >= 4 is 39.6 Å². The van der Waals surface area contributed by atoms with Crippen LogP contribution in [0.1, 0.15) is 38.8 Å². The largest absolute Gasteiger partial charge is 0.465 e. The number of aromatic nitrogens is 2. The van der Waals surface area contributed by atoms with E-state index in [9.17, 15) is 14.4 Å². The van der Waals surface area contributed by atoms with Crippen LogP contribution in [0.15, 0.2) is 79.0 Å². The van der Waals surface area contributed by atoms with Gasteiger partial charge in [0.25, 0.3) is 0 Å². The van der Waals surface area contributed by atoms with Crippen LogP contribution in [0.5, 0.6) is 0 Å². The van der Waals surface area contributed by atoms with Crippen molar-refractivity contribution in [3.05, 3.63) is 107 Å². The smallest absolute Gasteiger partial charge is 0.337 e. The maximum Gasteiger partial charge on any atom is 0.337 e. The van der Waals surface area contributed by atoms with E-state index in [0.29, 0.717) is 24.9 Å². The number of piperazine rings is 1. The first kappa shape index (κ1) is 24.2. The van der Waals surface area contributed by atoms with E-state index in [1.54, 1.807) is 21.9 Å². The summed E-state index contributed by atoms with van der Waals surface area (Å²) in [6, 6.07) is 22.2. The molecule has 8 heteroatoms. The van der Waals surface area contributed by atoms with Gasteiger partial charge in [0.1, 0.15) is 6.04 Å². The Kier molecular flexibility index (Phi) is 5.70. The first-order chi connectivity index (χ1) is 19.5. The zero-order valence-corrected chi connectivity index (χ0v) is 22.0. The van der Waals surface area contributed by atoms with Gasteiger partial charge in [-0.25, -0.2) is 4.79 Å². The third-order valence-electron chi connectivity index (χ3n) is 8.32. The molecular formula is C32H28N4O4. The molecule has 0 bridgehead atoms. The zero-order valence-electron chi connectivity index (χ0n) is 22.0. The number of fused-ring (bicyclic) bond motifs is 5. The molecule has 40 heavy (non-hydrogen) atoms. The second kappa shape index (κ2) is 9.41. The molecule has 2 aromatic heterocycles. The Bertz CT molecular complexity index is 1780. The number of hydrogen-bond acceptors (Lipinski definition) is 4. The maximum absolute atomic E-state index is 14.0. The van der Waals surface area contributed by atoms with Gasteiger partial charge in [-0.3, -0.25) is 9.59 Å². The second-order valence-electron chi connectivity index (χ2n) is 10.5. The minimum absolute atomic E-state index is 0.0317. The van der Waals surface area contributed by atoms with E-state index in [-0.39, 0.29) is 18.4 Å². The summed E-state index contributed by atoms with van der Waals surface area (Å²) in [6.07, 6.45) is 3.09. The minimum Gasteiger partial charge on any atom is -0.465 e. The summed E-state index contributed by atoms with van der Waals surface area (Å²) < 4.78 is 4.86. The Morgan fingerprint density at radius 3 is 2.45 bits per heavy atom. The lowest BCUT2D eigenvalue weighted by Crippen LogP contribution is -2.63. The van der Waals surface area contributed by atoms with Gasteiger partial charge in [-0.05, 0) is 47.4 Å². The molecule has 2 aliphatic heterocycles. The van der Waals surface area contributed by atoms with Crippen molar-refractivity contribution in [1.82, 2.24) is 19.8 Å². The average Bonchev–Trinajstić information content (AvgIpc) is 3.58. The number of nitrogens with one attached hydrogen (secondary N) is 2. The van der Waals surface area contributed by atoms with E-state index >= 15 is 0 Å². The third kappa shape index (κ3) is 3.78. The lowest BCUT2D eigenvalue weighted by atomic mass is 9.86. The summed E-state index contributed by atoms with van der Waals surface area (Å²) in [5, 5.41) is 2.20. The highest BCUT2D eigenvalue weighted by atomic mass is 16.5. The van der Waals surface area contributed by atoms with Gasteiger partial charge in [0.05, 0.1) is 25.3 Å². The van der Waals surface area contributed by atoms with Gasteiger partial charge in [-0.1, -0.05) is 48.5 Å². The summed E-state index contributed by atoms with van der Waals surface area (Å²) in [5.74, 6) is -0.545. The van der Waals surface area contributed by atoms with Gasteiger partial charge in [0.15, 0.2) is 0 Å². The number of ether oxygens (including phenoxy) is 1. The molecule has 2 atom stereocenters. The van der Waals surface area contributed by atoms with Crippen molar-refractivity contribution < 1.29 is 19.1 Å². The fourth-order valence-electron chi connectivity index (χ4n) is 6.37. The standard InChI is InChI=1S/C32H28N4O4/c1-40-32(39)20-12-10-19(11-13-20)30-29-24(23-7-3-5-9-26(23)34-29)16-27-31(38)35(18-28(37)36(27)30)15-14-21-17-33-25-8-4-2-6-22(21)25/h2-13,17,27,30,33-34H,14-16,18H2,1H3. The highest BCUT2D eigenvalue weighted by Crippen LogP contribution is 2.42. The number of carbonyl (C=O) groups excluding carboxylic acids is 3. The average molecular weight is 533 g/mol. The normalized spacial score (nSPS) is 18.7. The monoisotopic (exact) mass is 532 g/mol. The van der Waals surface area contributed by atoms with Crippen molar-refractivity contribution in [2.45, 2.75) is 24.9 Å². The first-order valence-electron chi connectivity index (χ1n) is 13.5. The predicted molar refractivity (Wildman–Crippen MR) is 151 cm³/mol. The Morgan fingerprint density at radius 2 is 1.68 bits per heavy atom. The summed E-state index contributed by atoms with van der Waals surface area (Å²) in [6.45, 7) is 0.500. The molecule has 4 heterocycles. The molecule has 7 rings (SSSR count). The molecular weight excluding hydrogens is 504 g/mol. The molecule has 0 spiro atoms. The predicted octanol–water partition coefficient (Wildman–Crippen LogP) is 4.36. The molecule has 3 aromatic carbocycles. The van der Waals surface area contributed by atoms with E-state index < -0.39 is 18.1 Å². The van der Waals surface area contributed by atoms with E-state index in [2.05, 4.69) is 22.1 Å². The van der Waals surface area contributed by atoms with Gasteiger partial charge >= 0.3 is 5.97 Å². The van der Waals surface area contributed by atoms with Crippen LogP contribution >= 0.6 is 0 Å². The van der Waals surface area contributed by atoms with E-state index in [0.717, 1.165) is 44.2 Å². The van der Waals surface area contributed by atoms with Gasteiger partial charge < -0.3 is 24.5 Å². The Hall–Kier alpha value is -4.85. The van der Waals surface area contributed by atoms with Crippen molar-refractivity contribution in [1.29, 1.82) is 0 Å². The maximum atomic E-state index is 14.0. The number of H-pyrrole nitrogens is 2. The third-order valence-corrected chi connectivity index (χ3v) is 8.32. The Balaban J connectivity index is 1.25. The topological polar surface area (TPSA) is 98.5 Å². The summed E-state index contributed by atoms with van der Waals surface area (Å²) >= 11 is 0. The van der Waals surface area contributed by atoms with Crippen LogP contribution in [-0.2, 0) is 27.2 Å². The van der Waals surface area contributed by atoms with Crippen LogP contribution in [0.4, 0.5) is 0 Å². The molecule has 8 nitrogen and oxygen atoms in total. The number of carbonyl (C=O) groups is 3. The highest BCUT2D eigenvalue weighted by molar-refractivity contribution is 5.98. The number of aromatic amines is 2. The molecule has 1 saturated heterocycles. The molecule has 2 unspecified atom stereocenters.